The van der Waals surface area contributed by atoms with Gasteiger partial charge >= 0.3 is 0 Å². The molecule has 19 heavy (non-hydrogen) atoms. The van der Waals surface area contributed by atoms with Crippen molar-refractivity contribution in [2.45, 2.75) is 26.8 Å². The molecule has 5 nitrogen and oxygen atoms in total. The van der Waals surface area contributed by atoms with Gasteiger partial charge < -0.3 is 5.32 Å². The van der Waals surface area contributed by atoms with Crippen LogP contribution < -0.4 is 14.8 Å². The number of hydrogen-bond acceptors (Lipinski definition) is 3. The Morgan fingerprint density at radius 1 is 1.32 bits per heavy atom. The monoisotopic (exact) mass is 283 g/mol. The molecule has 1 aromatic carbocycles. The van der Waals surface area contributed by atoms with Gasteiger partial charge in [0.05, 0.1) is 5.69 Å². The van der Waals surface area contributed by atoms with Crippen molar-refractivity contribution in [1.82, 2.24) is 10.0 Å². The van der Waals surface area contributed by atoms with Crippen LogP contribution in [0.5, 0.6) is 0 Å². The minimum absolute atomic E-state index is 0.282. The fraction of sp³-hybridized carbons (Fsp3) is 0.538. The normalized spacial score (nSPS) is 15.3. The van der Waals surface area contributed by atoms with Crippen molar-refractivity contribution in [2.24, 2.45) is 5.92 Å². The molecule has 0 bridgehead atoms. The molecule has 0 spiro atoms. The summed E-state index contributed by atoms with van der Waals surface area (Å²) in [4.78, 5) is 0. The Morgan fingerprint density at radius 3 is 2.84 bits per heavy atom. The molecule has 0 aromatic heterocycles. The first-order valence-corrected chi connectivity index (χ1v) is 8.04. The first-order chi connectivity index (χ1) is 8.96. The molecule has 2 rings (SSSR count). The van der Waals surface area contributed by atoms with Crippen LogP contribution in [0.2, 0.25) is 0 Å². The van der Waals surface area contributed by atoms with Crippen LogP contribution in [0.1, 0.15) is 25.0 Å². The quantitative estimate of drug-likeness (QED) is 0.761. The molecule has 1 aliphatic rings. The summed E-state index contributed by atoms with van der Waals surface area (Å²) in [5.41, 5.74) is 3.06. The minimum Gasteiger partial charge on any atom is -0.312 e. The van der Waals surface area contributed by atoms with E-state index < -0.39 is 10.2 Å². The topological polar surface area (TPSA) is 70.2 Å². The third-order valence-electron chi connectivity index (χ3n) is 3.03. The molecule has 0 fully saturated rings. The summed E-state index contributed by atoms with van der Waals surface area (Å²) in [5, 5.41) is 3.28. The van der Waals surface area contributed by atoms with Crippen LogP contribution in [0.3, 0.4) is 0 Å². The standard InChI is InChI=1S/C13H21N3O2S/c1-10(2)8-15-19(17,18)16-13-4-3-11-5-6-14-9-12(11)7-13/h3-4,7,10,14-16H,5-6,8-9H2,1-2H3. The van der Waals surface area contributed by atoms with Crippen molar-refractivity contribution in [3.63, 3.8) is 0 Å². The summed E-state index contributed by atoms with van der Waals surface area (Å²) >= 11 is 0. The zero-order valence-electron chi connectivity index (χ0n) is 11.4. The summed E-state index contributed by atoms with van der Waals surface area (Å²) < 4.78 is 28.8. The lowest BCUT2D eigenvalue weighted by atomic mass is 10.0. The molecule has 0 radical (unpaired) electrons. The summed E-state index contributed by atoms with van der Waals surface area (Å²) in [6.45, 7) is 6.14. The number of nitrogens with one attached hydrogen (secondary N) is 3. The van der Waals surface area contributed by atoms with E-state index in [2.05, 4.69) is 14.8 Å². The summed E-state index contributed by atoms with van der Waals surface area (Å²) in [7, 11) is -3.48. The fourth-order valence-electron chi connectivity index (χ4n) is 2.01. The lowest BCUT2D eigenvalue weighted by Crippen LogP contribution is -2.33. The van der Waals surface area contributed by atoms with Crippen LogP contribution in [0.25, 0.3) is 0 Å². The minimum atomic E-state index is -3.48. The van der Waals surface area contributed by atoms with Gasteiger partial charge in [-0.15, -0.1) is 0 Å². The van der Waals surface area contributed by atoms with Crippen molar-refractivity contribution >= 4 is 15.9 Å². The van der Waals surface area contributed by atoms with Crippen molar-refractivity contribution < 1.29 is 8.42 Å². The molecular weight excluding hydrogens is 262 g/mol. The molecule has 1 aromatic rings. The molecule has 1 heterocycles. The predicted octanol–water partition coefficient (Wildman–Crippen LogP) is 1.23. The number of benzene rings is 1. The summed E-state index contributed by atoms with van der Waals surface area (Å²) in [6.07, 6.45) is 0.994. The van der Waals surface area contributed by atoms with Crippen LogP contribution in [0.4, 0.5) is 5.69 Å². The molecule has 0 unspecified atom stereocenters. The Balaban J connectivity index is 2.06. The van der Waals surface area contributed by atoms with Crippen molar-refractivity contribution in [3.05, 3.63) is 29.3 Å². The van der Waals surface area contributed by atoms with E-state index in [4.69, 9.17) is 0 Å². The van der Waals surface area contributed by atoms with Crippen molar-refractivity contribution in [3.8, 4) is 0 Å². The van der Waals surface area contributed by atoms with Gasteiger partial charge in [0.1, 0.15) is 0 Å². The highest BCUT2D eigenvalue weighted by Gasteiger charge is 2.13. The number of rotatable bonds is 5. The molecule has 0 amide bonds. The van der Waals surface area contributed by atoms with Gasteiger partial charge in [0.2, 0.25) is 0 Å². The molecule has 3 N–H and O–H groups in total. The van der Waals surface area contributed by atoms with E-state index in [9.17, 15) is 8.42 Å². The van der Waals surface area contributed by atoms with Crippen LogP contribution in [-0.2, 0) is 23.2 Å². The second-order valence-electron chi connectivity index (χ2n) is 5.26. The van der Waals surface area contributed by atoms with E-state index in [0.29, 0.717) is 12.2 Å². The lowest BCUT2D eigenvalue weighted by molar-refractivity contribution is 0.565. The van der Waals surface area contributed by atoms with E-state index in [1.165, 1.54) is 5.56 Å². The van der Waals surface area contributed by atoms with E-state index in [1.54, 1.807) is 0 Å². The first kappa shape index (κ1) is 14.3. The third-order valence-corrected chi connectivity index (χ3v) is 4.08. The zero-order chi connectivity index (χ0) is 13.9. The highest BCUT2D eigenvalue weighted by molar-refractivity contribution is 7.90. The fourth-order valence-corrected chi connectivity index (χ4v) is 3.07. The molecule has 106 valence electrons. The van der Waals surface area contributed by atoms with Gasteiger partial charge in [0.25, 0.3) is 10.2 Å². The summed E-state index contributed by atoms with van der Waals surface area (Å²) in [6, 6.07) is 5.71. The van der Waals surface area contributed by atoms with E-state index in [1.807, 2.05) is 32.0 Å². The second kappa shape index (κ2) is 5.90. The molecule has 1 aliphatic heterocycles. The van der Waals surface area contributed by atoms with Crippen LogP contribution in [0.15, 0.2) is 18.2 Å². The second-order valence-corrected chi connectivity index (χ2v) is 6.76. The molecule has 0 saturated carbocycles. The molecule has 0 aliphatic carbocycles. The maximum Gasteiger partial charge on any atom is 0.299 e. The molecule has 0 atom stereocenters. The van der Waals surface area contributed by atoms with Gasteiger partial charge in [0, 0.05) is 13.1 Å². The highest BCUT2D eigenvalue weighted by atomic mass is 32.2. The number of hydrogen-bond donors (Lipinski definition) is 3. The zero-order valence-corrected chi connectivity index (χ0v) is 12.2. The highest BCUT2D eigenvalue weighted by Crippen LogP contribution is 2.19. The van der Waals surface area contributed by atoms with Crippen molar-refractivity contribution in [2.75, 3.05) is 17.8 Å². The smallest absolute Gasteiger partial charge is 0.299 e. The largest absolute Gasteiger partial charge is 0.312 e. The van der Waals surface area contributed by atoms with Crippen LogP contribution in [-0.4, -0.2) is 21.5 Å². The predicted molar refractivity (Wildman–Crippen MR) is 77.2 cm³/mol. The Hall–Kier alpha value is -1.11. The SMILES string of the molecule is CC(C)CNS(=O)(=O)Nc1ccc2c(c1)CNCC2. The van der Waals surface area contributed by atoms with E-state index >= 15 is 0 Å². The molecule has 6 heteroatoms. The summed E-state index contributed by atoms with van der Waals surface area (Å²) in [5.74, 6) is 0.282. The molecule has 0 saturated heterocycles. The van der Waals surface area contributed by atoms with Gasteiger partial charge in [-0.2, -0.15) is 13.1 Å². The Labute approximate surface area is 115 Å². The van der Waals surface area contributed by atoms with Crippen molar-refractivity contribution in [1.29, 1.82) is 0 Å². The third kappa shape index (κ3) is 4.19. The average molecular weight is 283 g/mol. The number of anilines is 1. The number of fused-ring (bicyclic) bond motifs is 1. The first-order valence-electron chi connectivity index (χ1n) is 6.56. The van der Waals surface area contributed by atoms with Gasteiger partial charge in [-0.25, -0.2) is 0 Å². The maximum atomic E-state index is 11.8. The maximum absolute atomic E-state index is 11.8. The Morgan fingerprint density at radius 2 is 2.11 bits per heavy atom. The lowest BCUT2D eigenvalue weighted by Gasteiger charge is -2.18. The van der Waals surface area contributed by atoms with Gasteiger partial charge in [-0.1, -0.05) is 19.9 Å². The van der Waals surface area contributed by atoms with E-state index in [0.717, 1.165) is 25.1 Å². The molecular formula is C13H21N3O2S. The van der Waals surface area contributed by atoms with Crippen LogP contribution >= 0.6 is 0 Å². The van der Waals surface area contributed by atoms with Gasteiger partial charge in [-0.05, 0) is 42.1 Å². The Bertz CT molecular complexity index is 541. The van der Waals surface area contributed by atoms with Gasteiger partial charge in [0.15, 0.2) is 0 Å². The van der Waals surface area contributed by atoms with Gasteiger partial charge in [-0.3, -0.25) is 4.72 Å². The average Bonchev–Trinajstić information content (AvgIpc) is 2.36. The Kier molecular flexibility index (Phi) is 4.44. The van der Waals surface area contributed by atoms with E-state index in [-0.39, 0.29) is 5.92 Å². The van der Waals surface area contributed by atoms with Crippen LogP contribution in [0, 0.1) is 5.92 Å².